The van der Waals surface area contributed by atoms with Gasteiger partial charge in [-0.15, -0.1) is 0 Å². The summed E-state index contributed by atoms with van der Waals surface area (Å²) in [6.07, 6.45) is 9.06. The molecule has 0 bridgehead atoms. The summed E-state index contributed by atoms with van der Waals surface area (Å²) in [7, 11) is 0. The lowest BCUT2D eigenvalue weighted by molar-refractivity contribution is 0.0711. The van der Waals surface area contributed by atoms with Crippen LogP contribution in [0, 0.1) is 0 Å². The highest BCUT2D eigenvalue weighted by Gasteiger charge is 2.26. The van der Waals surface area contributed by atoms with Gasteiger partial charge >= 0.3 is 0 Å². The van der Waals surface area contributed by atoms with E-state index in [9.17, 15) is 4.79 Å². The molecule has 132 valence electrons. The molecule has 0 spiro atoms. The first kappa shape index (κ1) is 15.6. The number of aromatic nitrogens is 3. The fourth-order valence-corrected chi connectivity index (χ4v) is 4.43. The standard InChI is InChI=1S/C21H22N4O/c26-21(18-5-4-15-2-1-3-17(15)14-18)24-12-8-16(9-13-24)19-6-10-22-20-7-11-23-25(19)20/h4-7,10-11,14,16H,1-3,8-9,12-13H2. The monoisotopic (exact) mass is 346 g/mol. The van der Waals surface area contributed by atoms with Crippen LogP contribution >= 0.6 is 0 Å². The molecule has 0 unspecified atom stereocenters. The van der Waals surface area contributed by atoms with E-state index >= 15 is 0 Å². The first-order valence-electron chi connectivity index (χ1n) is 9.49. The summed E-state index contributed by atoms with van der Waals surface area (Å²) in [5.41, 5.74) is 5.72. The summed E-state index contributed by atoms with van der Waals surface area (Å²) in [5.74, 6) is 0.599. The Morgan fingerprint density at radius 2 is 1.85 bits per heavy atom. The van der Waals surface area contributed by atoms with E-state index in [4.69, 9.17) is 0 Å². The van der Waals surface area contributed by atoms with Gasteiger partial charge in [-0.05, 0) is 61.4 Å². The quantitative estimate of drug-likeness (QED) is 0.716. The molecule has 5 rings (SSSR count). The van der Waals surface area contributed by atoms with E-state index in [1.807, 2.05) is 27.7 Å². The molecule has 2 aliphatic rings. The average molecular weight is 346 g/mol. The van der Waals surface area contributed by atoms with Gasteiger partial charge in [0.1, 0.15) is 0 Å². The van der Waals surface area contributed by atoms with E-state index in [1.54, 1.807) is 6.20 Å². The number of carbonyl (C=O) groups excluding carboxylic acids is 1. The summed E-state index contributed by atoms with van der Waals surface area (Å²) >= 11 is 0. The van der Waals surface area contributed by atoms with Crippen molar-refractivity contribution < 1.29 is 4.79 Å². The Morgan fingerprint density at radius 3 is 2.73 bits per heavy atom. The summed E-state index contributed by atoms with van der Waals surface area (Å²) in [4.78, 5) is 19.3. The lowest BCUT2D eigenvalue weighted by Crippen LogP contribution is -2.38. The molecule has 1 fully saturated rings. The molecule has 26 heavy (non-hydrogen) atoms. The molecule has 1 amide bonds. The van der Waals surface area contributed by atoms with Crippen LogP contribution < -0.4 is 0 Å². The van der Waals surface area contributed by atoms with Crippen LogP contribution in [-0.4, -0.2) is 38.5 Å². The van der Waals surface area contributed by atoms with Gasteiger partial charge in [0, 0.05) is 42.5 Å². The van der Waals surface area contributed by atoms with Crippen LogP contribution in [-0.2, 0) is 12.8 Å². The highest BCUT2D eigenvalue weighted by atomic mass is 16.2. The number of nitrogens with zero attached hydrogens (tertiary/aromatic N) is 4. The number of piperidine rings is 1. The van der Waals surface area contributed by atoms with Crippen molar-refractivity contribution in [1.82, 2.24) is 19.5 Å². The maximum absolute atomic E-state index is 12.9. The number of hydrogen-bond acceptors (Lipinski definition) is 3. The molecule has 5 nitrogen and oxygen atoms in total. The molecule has 1 saturated heterocycles. The van der Waals surface area contributed by atoms with Gasteiger partial charge in [0.15, 0.2) is 5.65 Å². The minimum atomic E-state index is 0.178. The molecule has 3 aromatic rings. The third kappa shape index (κ3) is 2.59. The topological polar surface area (TPSA) is 50.5 Å². The molecular weight excluding hydrogens is 324 g/mol. The number of rotatable bonds is 2. The first-order valence-corrected chi connectivity index (χ1v) is 9.49. The van der Waals surface area contributed by atoms with Gasteiger partial charge < -0.3 is 4.90 Å². The third-order valence-corrected chi connectivity index (χ3v) is 5.87. The fourth-order valence-electron chi connectivity index (χ4n) is 4.43. The predicted octanol–water partition coefficient (Wildman–Crippen LogP) is 3.24. The zero-order chi connectivity index (χ0) is 17.5. The van der Waals surface area contributed by atoms with Crippen molar-refractivity contribution in [3.63, 3.8) is 0 Å². The number of amides is 1. The van der Waals surface area contributed by atoms with Gasteiger partial charge in [-0.3, -0.25) is 4.79 Å². The van der Waals surface area contributed by atoms with E-state index in [1.165, 1.54) is 23.2 Å². The molecule has 0 saturated carbocycles. The summed E-state index contributed by atoms with van der Waals surface area (Å²) in [6.45, 7) is 1.59. The molecular formula is C21H22N4O. The van der Waals surface area contributed by atoms with Gasteiger partial charge in [0.2, 0.25) is 0 Å². The second-order valence-corrected chi connectivity index (χ2v) is 7.37. The molecule has 0 atom stereocenters. The second-order valence-electron chi connectivity index (χ2n) is 7.37. The Kier molecular flexibility index (Phi) is 3.73. The minimum Gasteiger partial charge on any atom is -0.339 e. The molecule has 5 heteroatoms. The van der Waals surface area contributed by atoms with Crippen molar-refractivity contribution in [2.75, 3.05) is 13.1 Å². The van der Waals surface area contributed by atoms with Crippen molar-refractivity contribution >= 4 is 11.6 Å². The van der Waals surface area contributed by atoms with Crippen molar-refractivity contribution in [2.45, 2.75) is 38.0 Å². The van der Waals surface area contributed by atoms with Gasteiger partial charge in [-0.25, -0.2) is 9.50 Å². The maximum Gasteiger partial charge on any atom is 0.253 e. The molecule has 1 aliphatic heterocycles. The SMILES string of the molecule is O=C(c1ccc2c(c1)CCC2)N1CCC(c2ccnc3ccnn23)CC1. The predicted molar refractivity (Wildman–Crippen MR) is 99.3 cm³/mol. The van der Waals surface area contributed by atoms with Crippen LogP contribution in [0.5, 0.6) is 0 Å². The average Bonchev–Trinajstić information content (AvgIpc) is 3.35. The van der Waals surface area contributed by atoms with Crippen molar-refractivity contribution in [3.8, 4) is 0 Å². The lowest BCUT2D eigenvalue weighted by Gasteiger charge is -2.32. The highest BCUT2D eigenvalue weighted by Crippen LogP contribution is 2.29. The second kappa shape index (κ2) is 6.24. The van der Waals surface area contributed by atoms with Crippen LogP contribution in [0.1, 0.15) is 52.4 Å². The van der Waals surface area contributed by atoms with Gasteiger partial charge in [0.25, 0.3) is 5.91 Å². The van der Waals surface area contributed by atoms with Crippen LogP contribution in [0.25, 0.3) is 5.65 Å². The number of aryl methyl sites for hydroxylation is 2. The van der Waals surface area contributed by atoms with Crippen LogP contribution in [0.2, 0.25) is 0 Å². The van der Waals surface area contributed by atoms with E-state index in [0.29, 0.717) is 5.92 Å². The van der Waals surface area contributed by atoms with Crippen LogP contribution in [0.4, 0.5) is 0 Å². The van der Waals surface area contributed by atoms with Gasteiger partial charge in [0.05, 0.1) is 6.20 Å². The highest BCUT2D eigenvalue weighted by molar-refractivity contribution is 5.94. The Morgan fingerprint density at radius 1 is 1.00 bits per heavy atom. The molecule has 0 N–H and O–H groups in total. The summed E-state index contributed by atoms with van der Waals surface area (Å²) in [5, 5.41) is 4.40. The number of carbonyl (C=O) groups is 1. The zero-order valence-corrected chi connectivity index (χ0v) is 14.8. The van der Waals surface area contributed by atoms with Crippen LogP contribution in [0.15, 0.2) is 42.7 Å². The van der Waals surface area contributed by atoms with E-state index in [-0.39, 0.29) is 5.91 Å². The Balaban J connectivity index is 1.31. The normalized spacial score (nSPS) is 17.6. The number of fused-ring (bicyclic) bond motifs is 2. The van der Waals surface area contributed by atoms with Gasteiger partial charge in [-0.2, -0.15) is 5.10 Å². The van der Waals surface area contributed by atoms with Crippen molar-refractivity contribution in [2.24, 2.45) is 0 Å². The van der Waals surface area contributed by atoms with Crippen molar-refractivity contribution in [1.29, 1.82) is 0 Å². The molecule has 1 aromatic carbocycles. The smallest absolute Gasteiger partial charge is 0.253 e. The van der Waals surface area contributed by atoms with Crippen LogP contribution in [0.3, 0.4) is 0 Å². The molecule has 3 heterocycles. The third-order valence-electron chi connectivity index (χ3n) is 5.87. The number of benzene rings is 1. The Hall–Kier alpha value is -2.69. The largest absolute Gasteiger partial charge is 0.339 e. The molecule has 2 aromatic heterocycles. The van der Waals surface area contributed by atoms with E-state index in [0.717, 1.165) is 50.0 Å². The maximum atomic E-state index is 12.9. The summed E-state index contributed by atoms with van der Waals surface area (Å²) < 4.78 is 1.93. The Labute approximate surface area is 152 Å². The minimum absolute atomic E-state index is 0.178. The van der Waals surface area contributed by atoms with E-state index < -0.39 is 0 Å². The van der Waals surface area contributed by atoms with Gasteiger partial charge in [-0.1, -0.05) is 6.07 Å². The molecule has 0 radical (unpaired) electrons. The molecule has 1 aliphatic carbocycles. The summed E-state index contributed by atoms with van der Waals surface area (Å²) in [6, 6.07) is 10.3. The number of likely N-dealkylation sites (tertiary alicyclic amines) is 1. The number of hydrogen-bond donors (Lipinski definition) is 0. The lowest BCUT2D eigenvalue weighted by atomic mass is 9.92. The Bertz CT molecular complexity index is 969. The zero-order valence-electron chi connectivity index (χ0n) is 14.8. The first-order chi connectivity index (χ1) is 12.8. The van der Waals surface area contributed by atoms with E-state index in [2.05, 4.69) is 28.3 Å². The van der Waals surface area contributed by atoms with Crippen molar-refractivity contribution in [3.05, 3.63) is 65.1 Å². The fraction of sp³-hybridized carbons (Fsp3) is 0.381.